The number of carbonyl (C=O) groups is 2. The summed E-state index contributed by atoms with van der Waals surface area (Å²) < 4.78 is 104. The first-order valence-corrected chi connectivity index (χ1v) is 14.4. The molecule has 15 heteroatoms. The number of benzene rings is 1. The molecule has 0 radical (unpaired) electrons. The Kier molecular flexibility index (Phi) is 8.51. The van der Waals surface area contributed by atoms with Gasteiger partial charge in [-0.2, -0.15) is 26.3 Å². The Morgan fingerprint density at radius 1 is 0.978 bits per heavy atom. The van der Waals surface area contributed by atoms with E-state index in [0.717, 1.165) is 0 Å². The van der Waals surface area contributed by atoms with Crippen LogP contribution in [0.25, 0.3) is 11.6 Å². The summed E-state index contributed by atoms with van der Waals surface area (Å²) in [5.74, 6) is -2.72. The van der Waals surface area contributed by atoms with Crippen molar-refractivity contribution in [3.05, 3.63) is 71.3 Å². The third-order valence-electron chi connectivity index (χ3n) is 7.63. The maximum atomic E-state index is 15.0. The first kappa shape index (κ1) is 33.1. The number of amides is 1. The van der Waals surface area contributed by atoms with Crippen LogP contribution in [0.1, 0.15) is 80.4 Å². The van der Waals surface area contributed by atoms with Gasteiger partial charge in [0.15, 0.2) is 11.5 Å². The molecule has 3 heterocycles. The Morgan fingerprint density at radius 2 is 1.67 bits per heavy atom. The molecule has 3 aromatic rings. The quantitative estimate of drug-likeness (QED) is 0.222. The number of aromatic nitrogens is 3. The summed E-state index contributed by atoms with van der Waals surface area (Å²) in [6, 6.07) is 8.53. The van der Waals surface area contributed by atoms with E-state index in [1.165, 1.54) is 32.9 Å². The molecule has 46 heavy (non-hydrogen) atoms. The Hall–Kier alpha value is -4.27. The fraction of sp³-hybridized carbons (Fsp3) is 0.452. The standard InChI is InChI=1S/C31H30F6N4O5/c1-27(2,3)46-26(43)38-20-16-19(30(32,33)34)21-23(42)28(14-15-28)12-8-5-9-13-29(31(35,36)37,44-17-18-10-6-4-7-11-18)25-41-40-24(45-25)22(20)39-21/h4-7,9-11,16H,8,12-15,17H2,1-3H3,(H,38,43)/b9-5-/t29-/m1/s1. The highest BCUT2D eigenvalue weighted by Gasteiger charge is 2.61. The molecule has 1 aliphatic carbocycles. The van der Waals surface area contributed by atoms with Crippen LogP contribution in [-0.4, -0.2) is 38.8 Å². The van der Waals surface area contributed by atoms with Crippen LogP contribution in [0.2, 0.25) is 0 Å². The molecule has 4 bridgehead atoms. The molecular weight excluding hydrogens is 622 g/mol. The van der Waals surface area contributed by atoms with E-state index >= 15 is 0 Å². The number of carbonyl (C=O) groups excluding carboxylic acids is 2. The minimum Gasteiger partial charge on any atom is -0.444 e. The first-order valence-electron chi connectivity index (χ1n) is 14.4. The number of fused-ring (bicyclic) bond motifs is 5. The van der Waals surface area contributed by atoms with Gasteiger partial charge in [-0.15, -0.1) is 10.2 Å². The molecule has 0 unspecified atom stereocenters. The van der Waals surface area contributed by atoms with Crippen LogP contribution in [0.15, 0.2) is 53.0 Å². The van der Waals surface area contributed by atoms with E-state index in [-0.39, 0.29) is 25.7 Å². The lowest BCUT2D eigenvalue weighted by atomic mass is 9.89. The maximum absolute atomic E-state index is 15.0. The number of halogens is 6. The average molecular weight is 653 g/mol. The smallest absolute Gasteiger partial charge is 0.426 e. The van der Waals surface area contributed by atoms with Gasteiger partial charge in [-0.25, -0.2) is 9.78 Å². The Bertz CT molecular complexity index is 1640. The zero-order valence-electron chi connectivity index (χ0n) is 25.0. The fourth-order valence-electron chi connectivity index (χ4n) is 5.08. The van der Waals surface area contributed by atoms with Gasteiger partial charge in [-0.3, -0.25) is 10.1 Å². The van der Waals surface area contributed by atoms with Crippen LogP contribution in [-0.2, 0) is 27.9 Å². The van der Waals surface area contributed by atoms with Gasteiger partial charge < -0.3 is 13.9 Å². The van der Waals surface area contributed by atoms with Gasteiger partial charge in [-0.05, 0) is 58.1 Å². The Labute approximate surface area is 259 Å². The maximum Gasteiger partial charge on any atom is 0.426 e. The van der Waals surface area contributed by atoms with E-state index in [9.17, 15) is 35.9 Å². The van der Waals surface area contributed by atoms with Crippen molar-refractivity contribution in [3.8, 4) is 11.6 Å². The number of ketones is 1. The Balaban J connectivity index is 1.71. The first-order chi connectivity index (χ1) is 21.4. The average Bonchev–Trinajstić information content (AvgIpc) is 3.58. The monoisotopic (exact) mass is 652 g/mol. The molecule has 1 saturated carbocycles. The number of rotatable bonds is 4. The number of Topliss-reactive ketones (excluding diaryl/α,β-unsaturated/α-hetero) is 1. The van der Waals surface area contributed by atoms with Crippen LogP contribution in [0.5, 0.6) is 0 Å². The van der Waals surface area contributed by atoms with Gasteiger partial charge in [0.2, 0.25) is 5.60 Å². The minimum atomic E-state index is -5.11. The molecule has 1 fully saturated rings. The molecule has 2 aromatic heterocycles. The molecule has 9 nitrogen and oxygen atoms in total. The predicted molar refractivity (Wildman–Crippen MR) is 150 cm³/mol. The molecule has 1 aliphatic heterocycles. The van der Waals surface area contributed by atoms with E-state index in [4.69, 9.17) is 13.9 Å². The van der Waals surface area contributed by atoms with Crippen molar-refractivity contribution >= 4 is 17.6 Å². The number of nitrogens with one attached hydrogen (secondary N) is 1. The van der Waals surface area contributed by atoms with E-state index in [1.54, 1.807) is 30.3 Å². The van der Waals surface area contributed by atoms with Crippen molar-refractivity contribution in [2.24, 2.45) is 5.41 Å². The van der Waals surface area contributed by atoms with Crippen molar-refractivity contribution in [1.82, 2.24) is 15.2 Å². The van der Waals surface area contributed by atoms with Gasteiger partial charge in [0.25, 0.3) is 11.8 Å². The van der Waals surface area contributed by atoms with E-state index in [0.29, 0.717) is 11.6 Å². The second kappa shape index (κ2) is 11.8. The van der Waals surface area contributed by atoms with E-state index in [1.807, 2.05) is 0 Å². The van der Waals surface area contributed by atoms with Gasteiger partial charge in [-0.1, -0.05) is 42.5 Å². The molecule has 246 valence electrons. The predicted octanol–water partition coefficient (Wildman–Crippen LogP) is 8.17. The highest BCUT2D eigenvalue weighted by atomic mass is 19.4. The molecule has 1 spiro atoms. The molecule has 5 rings (SSSR count). The van der Waals surface area contributed by atoms with Crippen molar-refractivity contribution in [3.63, 3.8) is 0 Å². The summed E-state index contributed by atoms with van der Waals surface area (Å²) in [5.41, 5.74) is -8.76. The lowest BCUT2D eigenvalue weighted by Gasteiger charge is -2.31. The number of pyridine rings is 1. The van der Waals surface area contributed by atoms with Gasteiger partial charge in [0.1, 0.15) is 11.3 Å². The highest BCUT2D eigenvalue weighted by Crippen LogP contribution is 2.54. The van der Waals surface area contributed by atoms with Crippen molar-refractivity contribution < 1.29 is 49.8 Å². The summed E-state index contributed by atoms with van der Waals surface area (Å²) in [6.45, 7) is 4.04. The zero-order valence-corrected chi connectivity index (χ0v) is 25.0. The normalized spacial score (nSPS) is 20.6. The summed E-state index contributed by atoms with van der Waals surface area (Å²) in [5, 5.41) is 9.45. The van der Waals surface area contributed by atoms with Crippen LogP contribution >= 0.6 is 0 Å². The number of hydrogen-bond acceptors (Lipinski definition) is 8. The molecule has 1 amide bonds. The van der Waals surface area contributed by atoms with E-state index in [2.05, 4.69) is 20.5 Å². The van der Waals surface area contributed by atoms with Gasteiger partial charge in [0, 0.05) is 11.8 Å². The van der Waals surface area contributed by atoms with Gasteiger partial charge >= 0.3 is 18.4 Å². The Morgan fingerprint density at radius 3 is 2.28 bits per heavy atom. The van der Waals surface area contributed by atoms with Crippen molar-refractivity contribution in [2.75, 3.05) is 5.32 Å². The highest BCUT2D eigenvalue weighted by molar-refractivity contribution is 6.03. The lowest BCUT2D eigenvalue weighted by Crippen LogP contribution is -2.45. The second-order valence-electron chi connectivity index (χ2n) is 12.2. The third kappa shape index (κ3) is 6.78. The van der Waals surface area contributed by atoms with Crippen molar-refractivity contribution in [1.29, 1.82) is 0 Å². The minimum absolute atomic E-state index is 0.0802. The van der Waals surface area contributed by atoms with Crippen LogP contribution < -0.4 is 5.32 Å². The molecule has 1 aromatic carbocycles. The molecule has 0 saturated heterocycles. The number of allylic oxidation sites excluding steroid dienone is 1. The van der Waals surface area contributed by atoms with Crippen molar-refractivity contribution in [2.45, 2.75) is 83.0 Å². The third-order valence-corrected chi connectivity index (χ3v) is 7.63. The van der Waals surface area contributed by atoms with Crippen LogP contribution in [0, 0.1) is 5.41 Å². The molecule has 1 atom stereocenters. The largest absolute Gasteiger partial charge is 0.444 e. The number of anilines is 1. The van der Waals surface area contributed by atoms with Gasteiger partial charge in [0.05, 0.1) is 17.9 Å². The zero-order chi connectivity index (χ0) is 33.5. The number of ether oxygens (including phenoxy) is 2. The fourth-order valence-corrected chi connectivity index (χ4v) is 5.08. The second-order valence-corrected chi connectivity index (χ2v) is 12.2. The molecule has 1 N–H and O–H groups in total. The number of nitrogens with zero attached hydrogens (tertiary/aromatic N) is 3. The van der Waals surface area contributed by atoms with Crippen LogP contribution in [0.3, 0.4) is 0 Å². The van der Waals surface area contributed by atoms with Crippen LogP contribution in [0.4, 0.5) is 36.8 Å². The summed E-state index contributed by atoms with van der Waals surface area (Å²) >= 11 is 0. The summed E-state index contributed by atoms with van der Waals surface area (Å²) in [7, 11) is 0. The number of hydrogen-bond donors (Lipinski definition) is 1. The SMILES string of the molecule is CC(C)(C)OC(=O)Nc1cc(C(F)(F)F)c2nc1-c1nnc(o1)[C@@](OCc1ccccc1)(C(F)(F)F)C/C=C\CCC1(CC1)C2=O. The molecular formula is C31H30F6N4O5. The molecule has 2 aliphatic rings. The topological polar surface area (TPSA) is 116 Å². The lowest BCUT2D eigenvalue weighted by molar-refractivity contribution is -0.295. The summed E-state index contributed by atoms with van der Waals surface area (Å²) in [4.78, 5) is 30.3. The number of alkyl halides is 6. The van der Waals surface area contributed by atoms with E-state index < -0.39 is 88.3 Å². The summed E-state index contributed by atoms with van der Waals surface area (Å²) in [6.07, 6.45) is -8.86.